The van der Waals surface area contributed by atoms with Crippen LogP contribution in [0.5, 0.6) is 0 Å². The second-order valence-electron chi connectivity index (χ2n) is 6.43. The van der Waals surface area contributed by atoms with Crippen molar-refractivity contribution in [2.45, 2.75) is 38.8 Å². The van der Waals surface area contributed by atoms with Gasteiger partial charge in [-0.05, 0) is 50.8 Å². The number of aliphatic hydroxyl groups is 1. The molecule has 2 aromatic rings. The van der Waals surface area contributed by atoms with Gasteiger partial charge >= 0.3 is 0 Å². The third-order valence-electron chi connectivity index (χ3n) is 4.93. The maximum atomic E-state index is 12.7. The molecule has 1 fully saturated rings. The Morgan fingerprint density at radius 3 is 2.65 bits per heavy atom. The van der Waals surface area contributed by atoms with Crippen molar-refractivity contribution in [2.24, 2.45) is 13.0 Å². The van der Waals surface area contributed by atoms with E-state index in [-0.39, 0.29) is 24.0 Å². The van der Waals surface area contributed by atoms with Gasteiger partial charge in [-0.2, -0.15) is 0 Å². The number of amides is 1. The molecule has 2 heterocycles. The van der Waals surface area contributed by atoms with Crippen molar-refractivity contribution in [2.75, 3.05) is 0 Å². The maximum absolute atomic E-state index is 12.7. The van der Waals surface area contributed by atoms with Crippen LogP contribution in [0.3, 0.4) is 0 Å². The van der Waals surface area contributed by atoms with E-state index in [1.165, 1.54) is 0 Å². The summed E-state index contributed by atoms with van der Waals surface area (Å²) in [6, 6.07) is 7.47. The van der Waals surface area contributed by atoms with Gasteiger partial charge in [-0.25, -0.2) is 0 Å². The Morgan fingerprint density at radius 2 is 2.13 bits per heavy atom. The molecule has 2 aromatic heterocycles. The number of aromatic nitrogens is 2. The molecule has 5 nitrogen and oxygen atoms in total. The number of nitrogens with zero attached hydrogens (tertiary/aromatic N) is 2. The second kappa shape index (κ2) is 6.16. The van der Waals surface area contributed by atoms with Crippen molar-refractivity contribution in [3.8, 4) is 0 Å². The summed E-state index contributed by atoms with van der Waals surface area (Å²) in [5, 5.41) is 12.7. The van der Waals surface area contributed by atoms with Gasteiger partial charge in [0.15, 0.2) is 0 Å². The number of carbonyl (C=O) groups is 1. The lowest BCUT2D eigenvalue weighted by molar-refractivity contribution is 0.0228. The monoisotopic (exact) mass is 313 g/mol. The van der Waals surface area contributed by atoms with Gasteiger partial charge in [-0.15, -0.1) is 0 Å². The van der Waals surface area contributed by atoms with Gasteiger partial charge in [0.1, 0.15) is 0 Å². The van der Waals surface area contributed by atoms with Crippen LogP contribution in [-0.4, -0.2) is 26.7 Å². The highest BCUT2D eigenvalue weighted by Gasteiger charge is 2.36. The van der Waals surface area contributed by atoms with Crippen LogP contribution in [0, 0.1) is 19.8 Å². The molecular weight excluding hydrogens is 290 g/mol. The predicted molar refractivity (Wildman–Crippen MR) is 88.1 cm³/mol. The zero-order chi connectivity index (χ0) is 16.6. The van der Waals surface area contributed by atoms with Crippen LogP contribution >= 0.6 is 0 Å². The maximum Gasteiger partial charge on any atom is 0.253 e. The third kappa shape index (κ3) is 3.01. The molecule has 1 amide bonds. The van der Waals surface area contributed by atoms with Gasteiger partial charge in [0.25, 0.3) is 5.91 Å². The minimum absolute atomic E-state index is 0.0803. The molecule has 0 bridgehead atoms. The van der Waals surface area contributed by atoms with Crippen molar-refractivity contribution >= 4 is 5.91 Å². The van der Waals surface area contributed by atoms with Crippen LogP contribution in [0.2, 0.25) is 0 Å². The van der Waals surface area contributed by atoms with Crippen LogP contribution < -0.4 is 5.32 Å². The van der Waals surface area contributed by atoms with Crippen LogP contribution in [-0.2, 0) is 7.05 Å². The largest absolute Gasteiger partial charge is 0.393 e. The summed E-state index contributed by atoms with van der Waals surface area (Å²) in [7, 11) is 1.96. The first kappa shape index (κ1) is 15.7. The van der Waals surface area contributed by atoms with E-state index in [4.69, 9.17) is 0 Å². The molecule has 0 aliphatic heterocycles. The van der Waals surface area contributed by atoms with Crippen molar-refractivity contribution < 1.29 is 9.90 Å². The van der Waals surface area contributed by atoms with Crippen molar-refractivity contribution in [1.29, 1.82) is 0 Å². The Kier molecular flexibility index (Phi) is 4.22. The minimum Gasteiger partial charge on any atom is -0.393 e. The Labute approximate surface area is 136 Å². The molecule has 5 heteroatoms. The Balaban J connectivity index is 1.83. The van der Waals surface area contributed by atoms with E-state index < -0.39 is 0 Å². The number of hydrogen-bond donors (Lipinski definition) is 2. The smallest absolute Gasteiger partial charge is 0.253 e. The summed E-state index contributed by atoms with van der Waals surface area (Å²) in [4.78, 5) is 17.1. The Bertz CT molecular complexity index is 703. The zero-order valence-electron chi connectivity index (χ0n) is 13.8. The molecule has 1 aliphatic carbocycles. The highest BCUT2D eigenvalue weighted by Crippen LogP contribution is 2.37. The number of nitrogens with one attached hydrogen (secondary N) is 1. The van der Waals surface area contributed by atoms with E-state index >= 15 is 0 Å². The molecule has 0 saturated heterocycles. The summed E-state index contributed by atoms with van der Waals surface area (Å²) in [6.07, 6.45) is 2.88. The molecule has 1 saturated carbocycles. The summed E-state index contributed by atoms with van der Waals surface area (Å²) in [6.45, 7) is 3.94. The van der Waals surface area contributed by atoms with E-state index in [1.54, 1.807) is 6.20 Å². The lowest BCUT2D eigenvalue weighted by Crippen LogP contribution is -2.41. The average molecular weight is 313 g/mol. The SMILES string of the molecule is Cc1cc(C(=O)NC(c2ccccn2)C2CC(O)C2)c(C)n1C. The van der Waals surface area contributed by atoms with Gasteiger partial charge in [0.2, 0.25) is 0 Å². The van der Waals surface area contributed by atoms with Gasteiger partial charge in [0.05, 0.1) is 23.4 Å². The number of pyridine rings is 1. The van der Waals surface area contributed by atoms with Gasteiger partial charge in [0, 0.05) is 24.6 Å². The fourth-order valence-corrected chi connectivity index (χ4v) is 3.20. The first-order valence-electron chi connectivity index (χ1n) is 8.00. The summed E-state index contributed by atoms with van der Waals surface area (Å²) in [5.41, 5.74) is 3.56. The molecule has 0 spiro atoms. The molecule has 1 unspecified atom stereocenters. The second-order valence-corrected chi connectivity index (χ2v) is 6.43. The van der Waals surface area contributed by atoms with Crippen LogP contribution in [0.15, 0.2) is 30.5 Å². The first-order valence-corrected chi connectivity index (χ1v) is 8.00. The fraction of sp³-hybridized carbons (Fsp3) is 0.444. The highest BCUT2D eigenvalue weighted by molar-refractivity contribution is 5.96. The molecule has 122 valence electrons. The van der Waals surface area contributed by atoms with E-state index in [2.05, 4.69) is 10.3 Å². The third-order valence-corrected chi connectivity index (χ3v) is 4.93. The number of hydrogen-bond acceptors (Lipinski definition) is 3. The molecular formula is C18H23N3O2. The van der Waals surface area contributed by atoms with E-state index in [9.17, 15) is 9.90 Å². The summed E-state index contributed by atoms with van der Waals surface area (Å²) in [5.74, 6) is 0.150. The van der Waals surface area contributed by atoms with E-state index in [0.29, 0.717) is 18.4 Å². The standard InChI is InChI=1S/C18H23N3O2/c1-11-8-15(12(2)21(11)3)18(23)20-17(13-9-14(22)10-13)16-6-4-5-7-19-16/h4-8,13-14,17,22H,9-10H2,1-3H3,(H,20,23). The van der Waals surface area contributed by atoms with Crippen molar-refractivity contribution in [3.63, 3.8) is 0 Å². The first-order chi connectivity index (χ1) is 11.0. The normalized spacial score (nSPS) is 21.6. The predicted octanol–water partition coefficient (Wildman–Crippen LogP) is 2.28. The molecule has 1 aliphatic rings. The zero-order valence-corrected chi connectivity index (χ0v) is 13.8. The molecule has 23 heavy (non-hydrogen) atoms. The molecule has 0 radical (unpaired) electrons. The fourth-order valence-electron chi connectivity index (χ4n) is 3.20. The Hall–Kier alpha value is -2.14. The number of aryl methyl sites for hydroxylation is 1. The summed E-state index contributed by atoms with van der Waals surface area (Å²) >= 11 is 0. The lowest BCUT2D eigenvalue weighted by Gasteiger charge is -2.37. The number of rotatable bonds is 4. The molecule has 2 N–H and O–H groups in total. The van der Waals surface area contributed by atoms with E-state index in [0.717, 1.165) is 17.1 Å². The number of aliphatic hydroxyl groups excluding tert-OH is 1. The highest BCUT2D eigenvalue weighted by atomic mass is 16.3. The number of carbonyl (C=O) groups excluding carboxylic acids is 1. The quantitative estimate of drug-likeness (QED) is 0.910. The average Bonchev–Trinajstić information content (AvgIpc) is 2.78. The van der Waals surface area contributed by atoms with Crippen LogP contribution in [0.4, 0.5) is 0 Å². The van der Waals surface area contributed by atoms with Gasteiger partial charge in [-0.3, -0.25) is 9.78 Å². The van der Waals surface area contributed by atoms with Gasteiger partial charge in [-0.1, -0.05) is 6.07 Å². The van der Waals surface area contributed by atoms with Crippen LogP contribution in [0.1, 0.15) is 46.3 Å². The molecule has 1 atom stereocenters. The van der Waals surface area contributed by atoms with Crippen molar-refractivity contribution in [3.05, 3.63) is 53.1 Å². The molecule has 0 aromatic carbocycles. The van der Waals surface area contributed by atoms with Gasteiger partial charge < -0.3 is 15.0 Å². The lowest BCUT2D eigenvalue weighted by atomic mass is 9.76. The Morgan fingerprint density at radius 1 is 1.39 bits per heavy atom. The topological polar surface area (TPSA) is 67.2 Å². The van der Waals surface area contributed by atoms with Crippen LogP contribution in [0.25, 0.3) is 0 Å². The minimum atomic E-state index is -0.260. The van der Waals surface area contributed by atoms with Crippen molar-refractivity contribution in [1.82, 2.24) is 14.9 Å². The molecule has 3 rings (SSSR count). The van der Waals surface area contributed by atoms with E-state index in [1.807, 2.05) is 49.7 Å². The summed E-state index contributed by atoms with van der Waals surface area (Å²) < 4.78 is 2.01.